The van der Waals surface area contributed by atoms with Gasteiger partial charge < -0.3 is 20.0 Å². The largest absolute Gasteiger partial charge is 0.489 e. The van der Waals surface area contributed by atoms with Crippen LogP contribution in [0.25, 0.3) is 21.8 Å². The van der Waals surface area contributed by atoms with E-state index in [9.17, 15) is 13.2 Å². The molecule has 3 heterocycles. The van der Waals surface area contributed by atoms with Crippen molar-refractivity contribution in [1.82, 2.24) is 20.0 Å². The van der Waals surface area contributed by atoms with E-state index in [4.69, 9.17) is 4.74 Å². The maximum Gasteiger partial charge on any atom is 0.268 e. The zero-order valence-electron chi connectivity index (χ0n) is 23.4. The fraction of sp³-hybridized carbons (Fsp3) is 0.147. The molecule has 2 aromatic heterocycles. The summed E-state index contributed by atoms with van der Waals surface area (Å²) in [5.41, 5.74) is 5.74. The van der Waals surface area contributed by atoms with E-state index < -0.39 is 22.0 Å². The third-order valence-corrected chi connectivity index (χ3v) is 9.58. The molecule has 9 heteroatoms. The number of ether oxygens (including phenoxy) is 1. The minimum Gasteiger partial charge on any atom is -0.489 e. The number of hydrogen-bond acceptors (Lipinski definition) is 4. The summed E-state index contributed by atoms with van der Waals surface area (Å²) in [6, 6.07) is 29.6. The van der Waals surface area contributed by atoms with E-state index in [0.717, 1.165) is 44.1 Å². The highest BCUT2D eigenvalue weighted by molar-refractivity contribution is 7.89. The quantitative estimate of drug-likeness (QED) is 0.189. The van der Waals surface area contributed by atoms with Crippen molar-refractivity contribution in [1.29, 1.82) is 0 Å². The van der Waals surface area contributed by atoms with Crippen LogP contribution in [0.3, 0.4) is 0 Å². The van der Waals surface area contributed by atoms with Crippen LogP contribution in [0.2, 0.25) is 0 Å². The SMILES string of the molecule is Cc1ccc(S(=O)(=O)N[C@@H]2CNC(=O)c3[nH]c4ccccc4c3[C@H]2c2c[nH]c3ccc(OCc4ccccc4)cc23)cc1. The summed E-state index contributed by atoms with van der Waals surface area (Å²) in [6.07, 6.45) is 1.91. The highest BCUT2D eigenvalue weighted by Crippen LogP contribution is 2.41. The molecule has 4 aromatic carbocycles. The van der Waals surface area contributed by atoms with Crippen LogP contribution in [0, 0.1) is 6.92 Å². The van der Waals surface area contributed by atoms with E-state index in [2.05, 4.69) is 20.0 Å². The lowest BCUT2D eigenvalue weighted by molar-refractivity contribution is 0.0950. The van der Waals surface area contributed by atoms with Gasteiger partial charge in [0.15, 0.2) is 0 Å². The van der Waals surface area contributed by atoms with Crippen molar-refractivity contribution < 1.29 is 17.9 Å². The summed E-state index contributed by atoms with van der Waals surface area (Å²) in [5.74, 6) is -0.0978. The van der Waals surface area contributed by atoms with Gasteiger partial charge in [0.2, 0.25) is 10.0 Å². The van der Waals surface area contributed by atoms with Gasteiger partial charge in [-0.1, -0.05) is 66.2 Å². The van der Waals surface area contributed by atoms with Crippen molar-refractivity contribution in [2.45, 2.75) is 30.4 Å². The van der Waals surface area contributed by atoms with Gasteiger partial charge in [0.05, 0.1) is 10.9 Å². The van der Waals surface area contributed by atoms with E-state index in [1.165, 1.54) is 0 Å². The molecule has 1 aliphatic rings. The van der Waals surface area contributed by atoms with Crippen molar-refractivity contribution in [2.75, 3.05) is 6.54 Å². The molecule has 0 radical (unpaired) electrons. The Morgan fingerprint density at radius 2 is 1.65 bits per heavy atom. The monoisotopic (exact) mass is 590 g/mol. The Morgan fingerprint density at radius 3 is 2.47 bits per heavy atom. The molecule has 1 amide bonds. The van der Waals surface area contributed by atoms with Crippen LogP contribution < -0.4 is 14.8 Å². The molecule has 2 atom stereocenters. The van der Waals surface area contributed by atoms with Crippen molar-refractivity contribution in [3.05, 3.63) is 131 Å². The molecule has 0 fully saturated rings. The van der Waals surface area contributed by atoms with Crippen LogP contribution in [0.1, 0.15) is 38.7 Å². The Morgan fingerprint density at radius 1 is 0.884 bits per heavy atom. The second-order valence-electron chi connectivity index (χ2n) is 10.9. The molecule has 1 aliphatic heterocycles. The van der Waals surface area contributed by atoms with Crippen molar-refractivity contribution >= 4 is 37.7 Å². The molecule has 0 saturated heterocycles. The first-order valence-corrected chi connectivity index (χ1v) is 15.6. The van der Waals surface area contributed by atoms with Gasteiger partial charge >= 0.3 is 0 Å². The highest BCUT2D eigenvalue weighted by atomic mass is 32.2. The Balaban J connectivity index is 1.36. The average molecular weight is 591 g/mol. The van der Waals surface area contributed by atoms with E-state index in [0.29, 0.717) is 18.1 Å². The number of nitrogens with one attached hydrogen (secondary N) is 4. The van der Waals surface area contributed by atoms with E-state index in [-0.39, 0.29) is 17.3 Å². The Labute approximate surface area is 249 Å². The molecule has 0 bridgehead atoms. The lowest BCUT2D eigenvalue weighted by Gasteiger charge is -2.27. The van der Waals surface area contributed by atoms with Crippen molar-refractivity contribution in [3.63, 3.8) is 0 Å². The molecule has 0 spiro atoms. The minimum atomic E-state index is -3.92. The summed E-state index contributed by atoms with van der Waals surface area (Å²) in [7, 11) is -3.92. The van der Waals surface area contributed by atoms with Gasteiger partial charge in [-0.05, 0) is 60.0 Å². The highest BCUT2D eigenvalue weighted by Gasteiger charge is 2.38. The third kappa shape index (κ3) is 5.07. The summed E-state index contributed by atoms with van der Waals surface area (Å²) in [4.78, 5) is 20.2. The number of carbonyl (C=O) groups excluding carboxylic acids is 1. The topological polar surface area (TPSA) is 116 Å². The van der Waals surface area contributed by atoms with Gasteiger partial charge in [0.1, 0.15) is 18.1 Å². The van der Waals surface area contributed by atoms with Crippen molar-refractivity contribution in [3.8, 4) is 5.75 Å². The van der Waals surface area contributed by atoms with Gasteiger partial charge in [-0.3, -0.25) is 4.79 Å². The summed E-state index contributed by atoms with van der Waals surface area (Å²) >= 11 is 0. The number of benzene rings is 4. The maximum absolute atomic E-state index is 13.7. The standard InChI is InChI=1S/C34H30N4O4S/c1-21-11-14-24(15-12-21)43(40,41)38-30-19-36-34(39)33-32(25-9-5-6-10-29(25)37-33)31(30)27-18-35-28-16-13-23(17-26(27)28)42-20-22-7-3-2-4-8-22/h2-18,30-31,35,37-38H,19-20H2,1H3,(H,36,39)/t30-,31+/m1/s1. The normalized spacial score (nSPS) is 17.0. The fourth-order valence-electron chi connectivity index (χ4n) is 5.95. The minimum absolute atomic E-state index is 0.0995. The second kappa shape index (κ2) is 10.8. The fourth-order valence-corrected chi connectivity index (χ4v) is 7.20. The number of H-pyrrole nitrogens is 2. The number of hydrogen-bond donors (Lipinski definition) is 4. The Hall–Kier alpha value is -4.86. The average Bonchev–Trinajstić information content (AvgIpc) is 3.58. The number of rotatable bonds is 7. The van der Waals surface area contributed by atoms with E-state index >= 15 is 0 Å². The number of aromatic amines is 2. The lowest BCUT2D eigenvalue weighted by Crippen LogP contribution is -2.45. The summed E-state index contributed by atoms with van der Waals surface area (Å²) in [5, 5.41) is 4.71. The third-order valence-electron chi connectivity index (χ3n) is 8.08. The first-order valence-electron chi connectivity index (χ1n) is 14.1. The smallest absolute Gasteiger partial charge is 0.268 e. The number of fused-ring (bicyclic) bond motifs is 4. The zero-order chi connectivity index (χ0) is 29.6. The van der Waals surface area contributed by atoms with Gasteiger partial charge in [-0.2, -0.15) is 0 Å². The molecule has 0 saturated carbocycles. The number of aryl methyl sites for hydroxylation is 1. The first kappa shape index (κ1) is 27.0. The predicted molar refractivity (Wildman–Crippen MR) is 167 cm³/mol. The van der Waals surface area contributed by atoms with Gasteiger partial charge in [-0.15, -0.1) is 0 Å². The Bertz CT molecular complexity index is 2060. The lowest BCUT2D eigenvalue weighted by atomic mass is 9.84. The number of amides is 1. The van der Waals surface area contributed by atoms with Gasteiger partial charge in [-0.25, -0.2) is 13.1 Å². The van der Waals surface area contributed by atoms with E-state index in [1.807, 2.05) is 85.9 Å². The first-order chi connectivity index (χ1) is 20.9. The van der Waals surface area contributed by atoms with Gasteiger partial charge in [0.25, 0.3) is 5.91 Å². The molecule has 6 aromatic rings. The number of para-hydroxylation sites is 1. The van der Waals surface area contributed by atoms with Crippen LogP contribution in [-0.4, -0.2) is 36.9 Å². The van der Waals surface area contributed by atoms with Crippen LogP contribution in [-0.2, 0) is 16.6 Å². The molecular formula is C34H30N4O4S. The number of carbonyl (C=O) groups is 1. The van der Waals surface area contributed by atoms with Crippen molar-refractivity contribution in [2.24, 2.45) is 0 Å². The molecule has 0 aliphatic carbocycles. The van der Waals surface area contributed by atoms with Crippen LogP contribution >= 0.6 is 0 Å². The van der Waals surface area contributed by atoms with Gasteiger partial charge in [0, 0.05) is 40.5 Å². The number of aromatic nitrogens is 2. The van der Waals surface area contributed by atoms with Crippen LogP contribution in [0.4, 0.5) is 0 Å². The van der Waals surface area contributed by atoms with E-state index in [1.54, 1.807) is 24.3 Å². The Kier molecular flexibility index (Phi) is 6.76. The predicted octanol–water partition coefficient (Wildman–Crippen LogP) is 5.76. The molecule has 43 heavy (non-hydrogen) atoms. The molecular weight excluding hydrogens is 560 g/mol. The van der Waals surface area contributed by atoms with Crippen LogP contribution in [0.15, 0.2) is 108 Å². The molecule has 216 valence electrons. The summed E-state index contributed by atoms with van der Waals surface area (Å²) < 4.78 is 36.5. The summed E-state index contributed by atoms with van der Waals surface area (Å²) in [6.45, 7) is 2.43. The zero-order valence-corrected chi connectivity index (χ0v) is 24.2. The maximum atomic E-state index is 13.7. The molecule has 0 unspecified atom stereocenters. The molecule has 4 N–H and O–H groups in total. The van der Waals surface area contributed by atoms with Crippen LogP contribution in [0.5, 0.6) is 5.75 Å². The number of sulfonamides is 1. The second-order valence-corrected chi connectivity index (χ2v) is 12.6. The molecule has 8 nitrogen and oxygen atoms in total. The molecule has 7 rings (SSSR count).